The van der Waals surface area contributed by atoms with E-state index >= 15 is 0 Å². The van der Waals surface area contributed by atoms with E-state index in [-0.39, 0.29) is 22.5 Å². The van der Waals surface area contributed by atoms with Gasteiger partial charge < -0.3 is 18.7 Å². The molecule has 0 aliphatic carbocycles. The van der Waals surface area contributed by atoms with Crippen molar-refractivity contribution in [2.24, 2.45) is 5.92 Å². The van der Waals surface area contributed by atoms with Crippen molar-refractivity contribution in [3.63, 3.8) is 0 Å². The Morgan fingerprint density at radius 2 is 1.46 bits per heavy atom. The van der Waals surface area contributed by atoms with Gasteiger partial charge in [-0.2, -0.15) is 0 Å². The molecule has 1 aromatic rings. The minimum absolute atomic E-state index is 0.0174. The zero-order valence-electron chi connectivity index (χ0n) is 28.7. The van der Waals surface area contributed by atoms with Gasteiger partial charge in [-0.3, -0.25) is 4.79 Å². The lowest BCUT2D eigenvalue weighted by Crippen LogP contribution is -2.44. The summed E-state index contributed by atoms with van der Waals surface area (Å²) < 4.78 is 18.5. The van der Waals surface area contributed by atoms with Crippen LogP contribution in [0.2, 0.25) is 36.3 Å². The highest BCUT2D eigenvalue weighted by Gasteiger charge is 2.41. The van der Waals surface area contributed by atoms with Crippen LogP contribution in [-0.2, 0) is 16.0 Å². The molecule has 2 atom stereocenters. The topological polar surface area (TPSA) is 65.0 Å². The summed E-state index contributed by atoms with van der Waals surface area (Å²) in [5.74, 6) is 0.531. The van der Waals surface area contributed by atoms with Crippen LogP contribution in [0.1, 0.15) is 93.6 Å². The number of hydrogen-bond acceptors (Lipinski definition) is 5. The minimum Gasteiger partial charge on any atom is -0.543 e. The zero-order valence-corrected chi connectivity index (χ0v) is 30.7. The molecule has 0 amide bonds. The lowest BCUT2D eigenvalue weighted by molar-refractivity contribution is -0.149. The van der Waals surface area contributed by atoms with E-state index in [1.165, 1.54) is 18.3 Å². The number of rotatable bonds is 14. The number of aliphatic hydroxyl groups excluding tert-OH is 1. The Labute approximate surface area is 254 Å². The second-order valence-electron chi connectivity index (χ2n) is 14.8. The molecule has 7 heteroatoms. The fourth-order valence-electron chi connectivity index (χ4n) is 3.94. The van der Waals surface area contributed by atoms with E-state index in [4.69, 9.17) is 13.6 Å². The Hall–Kier alpha value is -1.84. The van der Waals surface area contributed by atoms with E-state index in [9.17, 15) is 9.90 Å². The van der Waals surface area contributed by atoms with E-state index in [1.54, 1.807) is 0 Å². The molecule has 0 bridgehead atoms. The summed E-state index contributed by atoms with van der Waals surface area (Å²) >= 11 is 0. The van der Waals surface area contributed by atoms with E-state index < -0.39 is 28.7 Å². The van der Waals surface area contributed by atoms with Gasteiger partial charge in [0.1, 0.15) is 11.5 Å². The molecule has 0 spiro atoms. The van der Waals surface area contributed by atoms with E-state index in [1.807, 2.05) is 18.2 Å². The summed E-state index contributed by atoms with van der Waals surface area (Å²) in [4.78, 5) is 12.8. The number of carbonyl (C=O) groups excluding carboxylic acids is 1. The van der Waals surface area contributed by atoms with Gasteiger partial charge >= 0.3 is 5.97 Å². The van der Waals surface area contributed by atoms with Gasteiger partial charge in [0.05, 0.1) is 19.1 Å². The number of hydrogen-bond donors (Lipinski definition) is 1. The Bertz CT molecular complexity index is 1050. The van der Waals surface area contributed by atoms with Crippen LogP contribution in [0.3, 0.4) is 0 Å². The highest BCUT2D eigenvalue weighted by molar-refractivity contribution is 6.75. The van der Waals surface area contributed by atoms with Gasteiger partial charge in [0.25, 0.3) is 0 Å². The number of allylic oxidation sites excluding steroid dienone is 4. The molecule has 1 N–H and O–H groups in total. The first kappa shape index (κ1) is 37.2. The van der Waals surface area contributed by atoms with Crippen LogP contribution < -0.4 is 8.85 Å². The molecule has 0 aromatic heterocycles. The van der Waals surface area contributed by atoms with Crippen LogP contribution in [0.25, 0.3) is 0 Å². The molecule has 5 nitrogen and oxygen atoms in total. The third-order valence-electron chi connectivity index (χ3n) is 8.84. The maximum Gasteiger partial charge on any atom is 0.311 e. The highest BCUT2D eigenvalue weighted by Crippen LogP contribution is 2.41. The van der Waals surface area contributed by atoms with Crippen molar-refractivity contribution >= 4 is 22.6 Å². The molecule has 234 valence electrons. The van der Waals surface area contributed by atoms with Gasteiger partial charge in [-0.25, -0.2) is 0 Å². The molecule has 1 rings (SSSR count). The van der Waals surface area contributed by atoms with Gasteiger partial charge in [-0.1, -0.05) is 64.8 Å². The molecule has 0 aliphatic heterocycles. The molecule has 0 fully saturated rings. The Balaban J connectivity index is 3.32. The van der Waals surface area contributed by atoms with Crippen molar-refractivity contribution in [3.05, 3.63) is 47.1 Å². The van der Waals surface area contributed by atoms with Crippen molar-refractivity contribution in [3.8, 4) is 11.5 Å². The summed E-state index contributed by atoms with van der Waals surface area (Å²) in [7, 11) is -2.83. The summed E-state index contributed by atoms with van der Waals surface area (Å²) in [5.41, 5.74) is 3.48. The van der Waals surface area contributed by atoms with Crippen molar-refractivity contribution in [2.75, 3.05) is 7.11 Å². The van der Waals surface area contributed by atoms with Crippen molar-refractivity contribution < 1.29 is 23.5 Å². The number of esters is 1. The minimum atomic E-state index is -2.15. The van der Waals surface area contributed by atoms with E-state index in [0.717, 1.165) is 29.9 Å². The number of benzene rings is 1. The lowest BCUT2D eigenvalue weighted by atomic mass is 9.91. The quantitative estimate of drug-likeness (QED) is 0.130. The average molecular weight is 605 g/mol. The van der Waals surface area contributed by atoms with Crippen LogP contribution in [0.4, 0.5) is 0 Å². The van der Waals surface area contributed by atoms with Crippen molar-refractivity contribution in [1.29, 1.82) is 0 Å². The number of methoxy groups -OCH3 is 1. The number of carbonyl (C=O) groups is 1. The second-order valence-corrected chi connectivity index (χ2v) is 24.3. The molecule has 0 saturated carbocycles. The summed E-state index contributed by atoms with van der Waals surface area (Å²) in [6, 6.07) is 5.98. The highest BCUT2D eigenvalue weighted by atomic mass is 28.4. The molecular formula is C34H60O5Si2. The molecule has 1 aromatic carbocycles. The predicted octanol–water partition coefficient (Wildman–Crippen LogP) is 9.62. The van der Waals surface area contributed by atoms with Gasteiger partial charge in [0, 0.05) is 6.42 Å². The zero-order chi connectivity index (χ0) is 31.8. The molecule has 2 unspecified atom stereocenters. The fourth-order valence-corrected chi connectivity index (χ4v) is 6.02. The van der Waals surface area contributed by atoms with E-state index in [2.05, 4.69) is 101 Å². The fraction of sp³-hybridized carbons (Fsp3) is 0.676. The molecule has 0 radical (unpaired) electrons. The van der Waals surface area contributed by atoms with E-state index in [0.29, 0.717) is 12.8 Å². The SMILES string of the molecule is COC(=O)C(CC/C=C(\C)CCC=C(C)C)C(O)Cc1cc(O[Si](C)(C)C(C)(C)C)ccc1O[Si](C)(C)C(C)(C)C. The number of aliphatic hydroxyl groups is 1. The molecule has 41 heavy (non-hydrogen) atoms. The second kappa shape index (κ2) is 15.1. The molecule has 0 saturated heterocycles. The maximum atomic E-state index is 12.8. The summed E-state index contributed by atoms with van der Waals surface area (Å²) in [6.07, 6.45) is 7.02. The third kappa shape index (κ3) is 11.8. The normalized spacial score (nSPS) is 14.8. The summed E-state index contributed by atoms with van der Waals surface area (Å²) in [5, 5.41) is 11.5. The first-order chi connectivity index (χ1) is 18.6. The van der Waals surface area contributed by atoms with Crippen LogP contribution in [0, 0.1) is 5.92 Å². The third-order valence-corrected chi connectivity index (χ3v) is 17.5. The standard InChI is InChI=1S/C34H60O5Si2/c1-25(2)17-15-18-26(3)19-16-20-29(32(36)37-10)30(35)24-27-23-28(38-40(11,12)33(4,5)6)21-22-31(27)39-41(13,14)34(7,8)9/h17,19,21-23,29-30,35H,15-16,18,20,24H2,1-14H3/b26-19+. The Morgan fingerprint density at radius 1 is 0.902 bits per heavy atom. The molecular weight excluding hydrogens is 545 g/mol. The monoisotopic (exact) mass is 604 g/mol. The van der Waals surface area contributed by atoms with Gasteiger partial charge in [-0.15, -0.1) is 0 Å². The van der Waals surface area contributed by atoms with Crippen LogP contribution in [-0.4, -0.2) is 40.9 Å². The smallest absolute Gasteiger partial charge is 0.311 e. The van der Waals surface area contributed by atoms with Gasteiger partial charge in [0.2, 0.25) is 16.6 Å². The van der Waals surface area contributed by atoms with Crippen LogP contribution in [0.5, 0.6) is 11.5 Å². The average Bonchev–Trinajstić information content (AvgIpc) is 2.81. The van der Waals surface area contributed by atoms with Gasteiger partial charge in [-0.05, 0) is 106 Å². The molecule has 0 heterocycles. The Kier molecular flexibility index (Phi) is 13.7. The Morgan fingerprint density at radius 3 is 1.98 bits per heavy atom. The summed E-state index contributed by atoms with van der Waals surface area (Å²) in [6.45, 7) is 28.5. The van der Waals surface area contributed by atoms with Crippen LogP contribution >= 0.6 is 0 Å². The van der Waals surface area contributed by atoms with Crippen molar-refractivity contribution in [1.82, 2.24) is 0 Å². The number of ether oxygens (including phenoxy) is 1. The maximum absolute atomic E-state index is 12.8. The van der Waals surface area contributed by atoms with Crippen molar-refractivity contribution in [2.45, 2.75) is 137 Å². The predicted molar refractivity (Wildman–Crippen MR) is 179 cm³/mol. The first-order valence-corrected chi connectivity index (χ1v) is 21.0. The van der Waals surface area contributed by atoms with Gasteiger partial charge in [0.15, 0.2) is 0 Å². The lowest BCUT2D eigenvalue weighted by Gasteiger charge is -2.38. The first-order valence-electron chi connectivity index (χ1n) is 15.2. The van der Waals surface area contributed by atoms with Crippen LogP contribution in [0.15, 0.2) is 41.5 Å². The largest absolute Gasteiger partial charge is 0.543 e. The molecule has 0 aliphatic rings.